The van der Waals surface area contributed by atoms with Gasteiger partial charge in [0.15, 0.2) is 0 Å². The third-order valence-corrected chi connectivity index (χ3v) is 5.02. The zero-order valence-corrected chi connectivity index (χ0v) is 12.5. The maximum absolute atomic E-state index is 6.09. The molecule has 2 aliphatic heterocycles. The van der Waals surface area contributed by atoms with Crippen LogP contribution >= 0.6 is 0 Å². The highest BCUT2D eigenvalue weighted by Crippen LogP contribution is 2.25. The molecule has 3 heteroatoms. The predicted molar refractivity (Wildman–Crippen MR) is 77.7 cm³/mol. The minimum atomic E-state index is 0.233. The van der Waals surface area contributed by atoms with Crippen LogP contribution in [-0.4, -0.2) is 54.6 Å². The third-order valence-electron chi connectivity index (χ3n) is 5.02. The monoisotopic (exact) mass is 253 g/mol. The molecule has 2 aliphatic rings. The molecule has 2 N–H and O–H groups in total. The molecule has 0 aromatic heterocycles. The second kappa shape index (κ2) is 5.89. The molecule has 0 aromatic rings. The standard InChI is InChI=1S/C15H31N3/c1-13(16)15(2,3)12-17-10-7-14(11-17)18-8-5-4-6-9-18/h13-14H,4-12,16H2,1-3H3. The average molecular weight is 253 g/mol. The number of nitrogens with zero attached hydrogens (tertiary/aromatic N) is 2. The van der Waals surface area contributed by atoms with Crippen molar-refractivity contribution in [2.24, 2.45) is 11.1 Å². The molecular formula is C15H31N3. The van der Waals surface area contributed by atoms with E-state index >= 15 is 0 Å². The molecule has 3 nitrogen and oxygen atoms in total. The quantitative estimate of drug-likeness (QED) is 0.831. The molecule has 2 atom stereocenters. The summed E-state index contributed by atoms with van der Waals surface area (Å²) in [4.78, 5) is 5.35. The molecule has 2 saturated heterocycles. The zero-order valence-electron chi connectivity index (χ0n) is 12.5. The van der Waals surface area contributed by atoms with E-state index in [2.05, 4.69) is 30.6 Å². The number of hydrogen-bond acceptors (Lipinski definition) is 3. The fourth-order valence-corrected chi connectivity index (χ4v) is 3.26. The highest BCUT2D eigenvalue weighted by molar-refractivity contribution is 4.89. The van der Waals surface area contributed by atoms with Crippen molar-refractivity contribution in [3.8, 4) is 0 Å². The van der Waals surface area contributed by atoms with Gasteiger partial charge in [-0.2, -0.15) is 0 Å². The lowest BCUT2D eigenvalue weighted by atomic mass is 9.85. The fourth-order valence-electron chi connectivity index (χ4n) is 3.26. The molecular weight excluding hydrogens is 222 g/mol. The molecule has 2 heterocycles. The van der Waals surface area contributed by atoms with Crippen LogP contribution in [-0.2, 0) is 0 Å². The Morgan fingerprint density at radius 2 is 1.83 bits per heavy atom. The van der Waals surface area contributed by atoms with Crippen LogP contribution in [0.1, 0.15) is 46.5 Å². The van der Waals surface area contributed by atoms with Gasteiger partial charge in [0, 0.05) is 25.2 Å². The van der Waals surface area contributed by atoms with E-state index in [4.69, 9.17) is 5.73 Å². The molecule has 106 valence electrons. The van der Waals surface area contributed by atoms with Gasteiger partial charge in [-0.1, -0.05) is 20.3 Å². The summed E-state index contributed by atoms with van der Waals surface area (Å²) in [5, 5.41) is 0. The van der Waals surface area contributed by atoms with E-state index < -0.39 is 0 Å². The molecule has 2 unspecified atom stereocenters. The Kier molecular flexibility index (Phi) is 4.68. The molecule has 2 fully saturated rings. The van der Waals surface area contributed by atoms with Gasteiger partial charge < -0.3 is 10.6 Å². The summed E-state index contributed by atoms with van der Waals surface area (Å²) in [5.74, 6) is 0. The molecule has 18 heavy (non-hydrogen) atoms. The summed E-state index contributed by atoms with van der Waals surface area (Å²) in [6.07, 6.45) is 5.60. The molecule has 0 aliphatic carbocycles. The Labute approximate surface area is 113 Å². The predicted octanol–water partition coefficient (Wildman–Crippen LogP) is 1.92. The van der Waals surface area contributed by atoms with Crippen LogP contribution in [0.5, 0.6) is 0 Å². The largest absolute Gasteiger partial charge is 0.327 e. The number of piperidine rings is 1. The summed E-state index contributed by atoms with van der Waals surface area (Å²) < 4.78 is 0. The Bertz CT molecular complexity index is 256. The van der Waals surface area contributed by atoms with E-state index in [0.717, 1.165) is 12.6 Å². The van der Waals surface area contributed by atoms with Gasteiger partial charge in [0.2, 0.25) is 0 Å². The van der Waals surface area contributed by atoms with E-state index in [-0.39, 0.29) is 11.5 Å². The van der Waals surface area contributed by atoms with E-state index in [1.54, 1.807) is 0 Å². The summed E-state index contributed by atoms with van der Waals surface area (Å²) in [7, 11) is 0. The first-order valence-electron chi connectivity index (χ1n) is 7.71. The number of rotatable bonds is 4. The second-order valence-electron chi connectivity index (χ2n) is 7.05. The van der Waals surface area contributed by atoms with Gasteiger partial charge in [0.1, 0.15) is 0 Å². The summed E-state index contributed by atoms with van der Waals surface area (Å²) in [6.45, 7) is 13.1. The van der Waals surface area contributed by atoms with Crippen molar-refractivity contribution < 1.29 is 0 Å². The molecule has 0 bridgehead atoms. The minimum Gasteiger partial charge on any atom is -0.327 e. The average Bonchev–Trinajstić information content (AvgIpc) is 2.78. The van der Waals surface area contributed by atoms with Crippen LogP contribution in [0.3, 0.4) is 0 Å². The SMILES string of the molecule is CC(N)C(C)(C)CN1CCC(N2CCCCC2)C1. The Hall–Kier alpha value is -0.120. The number of hydrogen-bond donors (Lipinski definition) is 1. The Morgan fingerprint density at radius 3 is 2.44 bits per heavy atom. The van der Waals surface area contributed by atoms with Gasteiger partial charge in [-0.25, -0.2) is 0 Å². The molecule has 0 aromatic carbocycles. The van der Waals surface area contributed by atoms with Crippen molar-refractivity contribution in [3.63, 3.8) is 0 Å². The van der Waals surface area contributed by atoms with E-state index in [0.29, 0.717) is 0 Å². The topological polar surface area (TPSA) is 32.5 Å². The highest BCUT2D eigenvalue weighted by Gasteiger charge is 2.32. The smallest absolute Gasteiger partial charge is 0.0235 e. The van der Waals surface area contributed by atoms with Crippen molar-refractivity contribution in [2.75, 3.05) is 32.7 Å². The van der Waals surface area contributed by atoms with Crippen LogP contribution in [0.4, 0.5) is 0 Å². The van der Waals surface area contributed by atoms with Gasteiger partial charge in [0.25, 0.3) is 0 Å². The van der Waals surface area contributed by atoms with Crippen molar-refractivity contribution in [3.05, 3.63) is 0 Å². The maximum atomic E-state index is 6.09. The Balaban J connectivity index is 1.81. The van der Waals surface area contributed by atoms with E-state index in [1.807, 2.05) is 0 Å². The Morgan fingerprint density at radius 1 is 1.17 bits per heavy atom. The molecule has 2 rings (SSSR count). The normalized spacial score (nSPS) is 29.7. The second-order valence-corrected chi connectivity index (χ2v) is 7.05. The third kappa shape index (κ3) is 3.46. The summed E-state index contributed by atoms with van der Waals surface area (Å²) in [5.41, 5.74) is 6.32. The van der Waals surface area contributed by atoms with Crippen molar-refractivity contribution in [1.29, 1.82) is 0 Å². The van der Waals surface area contributed by atoms with Crippen LogP contribution < -0.4 is 5.73 Å². The molecule has 0 amide bonds. The minimum absolute atomic E-state index is 0.233. The molecule has 0 saturated carbocycles. The maximum Gasteiger partial charge on any atom is 0.0235 e. The first-order valence-corrected chi connectivity index (χ1v) is 7.71. The fraction of sp³-hybridized carbons (Fsp3) is 1.00. The molecule has 0 radical (unpaired) electrons. The van der Waals surface area contributed by atoms with Gasteiger partial charge in [-0.05, 0) is 51.2 Å². The lowest BCUT2D eigenvalue weighted by Crippen LogP contribution is -2.45. The van der Waals surface area contributed by atoms with Gasteiger partial charge in [-0.15, -0.1) is 0 Å². The van der Waals surface area contributed by atoms with Crippen LogP contribution in [0.25, 0.3) is 0 Å². The van der Waals surface area contributed by atoms with Gasteiger partial charge in [-0.3, -0.25) is 4.90 Å². The first kappa shape index (κ1) is 14.3. The van der Waals surface area contributed by atoms with Gasteiger partial charge >= 0.3 is 0 Å². The first-order chi connectivity index (χ1) is 8.49. The van der Waals surface area contributed by atoms with E-state index in [1.165, 1.54) is 51.9 Å². The lowest BCUT2D eigenvalue weighted by Gasteiger charge is -2.35. The molecule has 0 spiro atoms. The zero-order chi connectivity index (χ0) is 13.2. The lowest BCUT2D eigenvalue weighted by molar-refractivity contribution is 0.142. The van der Waals surface area contributed by atoms with Crippen molar-refractivity contribution in [2.45, 2.75) is 58.5 Å². The highest BCUT2D eigenvalue weighted by atomic mass is 15.3. The van der Waals surface area contributed by atoms with Crippen LogP contribution in [0, 0.1) is 5.41 Å². The summed E-state index contributed by atoms with van der Waals surface area (Å²) >= 11 is 0. The van der Waals surface area contributed by atoms with Crippen LogP contribution in [0.2, 0.25) is 0 Å². The van der Waals surface area contributed by atoms with Crippen LogP contribution in [0.15, 0.2) is 0 Å². The number of nitrogens with two attached hydrogens (primary N) is 1. The van der Waals surface area contributed by atoms with E-state index in [9.17, 15) is 0 Å². The van der Waals surface area contributed by atoms with Gasteiger partial charge in [0.05, 0.1) is 0 Å². The number of likely N-dealkylation sites (tertiary alicyclic amines) is 2. The van der Waals surface area contributed by atoms with Crippen molar-refractivity contribution in [1.82, 2.24) is 9.80 Å². The summed E-state index contributed by atoms with van der Waals surface area (Å²) in [6, 6.07) is 1.08. The van der Waals surface area contributed by atoms with Crippen molar-refractivity contribution >= 4 is 0 Å².